The Morgan fingerprint density at radius 3 is 2.49 bits per heavy atom. The molecule has 1 heterocycles. The molecular formula is C31H26ClNO6. The molecule has 4 aliphatic rings. The summed E-state index contributed by atoms with van der Waals surface area (Å²) < 4.78 is 5.33. The van der Waals surface area contributed by atoms with E-state index in [1.807, 2.05) is 13.0 Å². The molecule has 0 bridgehead atoms. The molecule has 2 amide bonds. The summed E-state index contributed by atoms with van der Waals surface area (Å²) in [6.07, 6.45) is 3.86. The van der Waals surface area contributed by atoms with E-state index in [4.69, 9.17) is 16.3 Å². The van der Waals surface area contributed by atoms with Gasteiger partial charge in [0, 0.05) is 27.7 Å². The van der Waals surface area contributed by atoms with Gasteiger partial charge in [-0.05, 0) is 74.1 Å². The number of carbonyl (C=O) groups is 4. The van der Waals surface area contributed by atoms with Crippen LogP contribution in [0.4, 0.5) is 5.69 Å². The normalized spacial score (nSPS) is 26.2. The van der Waals surface area contributed by atoms with Crippen molar-refractivity contribution in [1.82, 2.24) is 0 Å². The molecule has 3 aliphatic carbocycles. The number of fused-ring (bicyclic) bond motifs is 3. The van der Waals surface area contributed by atoms with Gasteiger partial charge >= 0.3 is 0 Å². The first kappa shape index (κ1) is 25.3. The molecule has 0 spiro atoms. The number of halogens is 1. The number of amides is 2. The van der Waals surface area contributed by atoms with Crippen LogP contribution in [0.15, 0.2) is 70.8 Å². The molecule has 1 N–H and O–H groups in total. The van der Waals surface area contributed by atoms with Crippen LogP contribution in [0.25, 0.3) is 0 Å². The fourth-order valence-electron chi connectivity index (χ4n) is 6.61. The maximum Gasteiger partial charge on any atom is 0.238 e. The quantitative estimate of drug-likeness (QED) is 0.332. The molecule has 4 atom stereocenters. The predicted octanol–water partition coefficient (Wildman–Crippen LogP) is 5.00. The van der Waals surface area contributed by atoms with Gasteiger partial charge in [-0.3, -0.25) is 19.2 Å². The third kappa shape index (κ3) is 3.71. The predicted molar refractivity (Wildman–Crippen MR) is 145 cm³/mol. The summed E-state index contributed by atoms with van der Waals surface area (Å²) in [5, 5.41) is 10.7. The van der Waals surface area contributed by atoms with E-state index in [1.165, 1.54) is 24.2 Å². The molecule has 0 saturated carbocycles. The van der Waals surface area contributed by atoms with Crippen molar-refractivity contribution in [2.45, 2.75) is 32.6 Å². The van der Waals surface area contributed by atoms with Crippen LogP contribution in [-0.4, -0.2) is 35.6 Å². The number of ketones is 2. The van der Waals surface area contributed by atoms with Gasteiger partial charge in [-0.2, -0.15) is 0 Å². The fourth-order valence-corrected chi connectivity index (χ4v) is 6.79. The van der Waals surface area contributed by atoms with E-state index in [0.717, 1.165) is 11.1 Å². The first-order chi connectivity index (χ1) is 18.6. The molecule has 6 rings (SSSR count). The van der Waals surface area contributed by atoms with Crippen molar-refractivity contribution in [3.63, 3.8) is 0 Å². The Balaban J connectivity index is 1.49. The van der Waals surface area contributed by atoms with Gasteiger partial charge in [-0.15, -0.1) is 0 Å². The number of aromatic hydroxyl groups is 1. The van der Waals surface area contributed by atoms with E-state index in [9.17, 15) is 24.3 Å². The molecule has 1 fully saturated rings. The highest BCUT2D eigenvalue weighted by Gasteiger charge is 2.56. The van der Waals surface area contributed by atoms with E-state index in [1.54, 1.807) is 37.3 Å². The molecule has 8 heteroatoms. The molecule has 2 aromatic rings. The second-order valence-corrected chi connectivity index (χ2v) is 11.0. The lowest BCUT2D eigenvalue weighted by molar-refractivity contribution is -0.123. The number of phenols is 1. The van der Waals surface area contributed by atoms with Gasteiger partial charge in [0.15, 0.2) is 23.1 Å². The Hall–Kier alpha value is -3.97. The highest BCUT2D eigenvalue weighted by molar-refractivity contribution is 6.32. The maximum atomic E-state index is 14.0. The molecule has 7 nitrogen and oxygen atoms in total. The van der Waals surface area contributed by atoms with Crippen molar-refractivity contribution in [2.24, 2.45) is 17.8 Å². The summed E-state index contributed by atoms with van der Waals surface area (Å²) >= 11 is 6.33. The Kier molecular flexibility index (Phi) is 5.88. The number of methoxy groups -OCH3 is 1. The number of allylic oxidation sites excluding steroid dienone is 6. The van der Waals surface area contributed by atoms with Gasteiger partial charge in [0.2, 0.25) is 11.8 Å². The number of nitrogens with zero attached hydrogens (tertiary/aromatic N) is 1. The minimum atomic E-state index is -0.678. The Labute approximate surface area is 230 Å². The smallest absolute Gasteiger partial charge is 0.238 e. The summed E-state index contributed by atoms with van der Waals surface area (Å²) in [5.41, 5.74) is 3.89. The SMILES string of the molecule is COc1cc(C2C3=CCC4C(=O)N(c5ccc(C)c(Cl)c5)C(=O)C4C3CC3=C2C(=O)C=C(C)C3=O)ccc1O. The Morgan fingerprint density at radius 1 is 1.00 bits per heavy atom. The van der Waals surface area contributed by atoms with E-state index in [0.29, 0.717) is 39.4 Å². The minimum Gasteiger partial charge on any atom is -0.504 e. The molecule has 0 radical (unpaired) electrons. The van der Waals surface area contributed by atoms with Crippen LogP contribution in [0.5, 0.6) is 11.5 Å². The van der Waals surface area contributed by atoms with Gasteiger partial charge in [-0.25, -0.2) is 4.90 Å². The number of carbonyl (C=O) groups excluding carboxylic acids is 4. The van der Waals surface area contributed by atoms with E-state index in [-0.39, 0.29) is 41.3 Å². The summed E-state index contributed by atoms with van der Waals surface area (Å²) in [7, 11) is 1.44. The third-order valence-electron chi connectivity index (χ3n) is 8.51. The van der Waals surface area contributed by atoms with Crippen LogP contribution in [0.3, 0.4) is 0 Å². The Bertz CT molecular complexity index is 1600. The molecule has 1 aliphatic heterocycles. The number of hydrogen-bond acceptors (Lipinski definition) is 6. The van der Waals surface area contributed by atoms with Crippen molar-refractivity contribution >= 4 is 40.7 Å². The zero-order valence-corrected chi connectivity index (χ0v) is 22.4. The van der Waals surface area contributed by atoms with E-state index in [2.05, 4.69) is 0 Å². The number of aryl methyl sites for hydroxylation is 1. The van der Waals surface area contributed by atoms with Crippen LogP contribution in [-0.2, 0) is 19.2 Å². The van der Waals surface area contributed by atoms with E-state index >= 15 is 0 Å². The highest BCUT2D eigenvalue weighted by atomic mass is 35.5. The second kappa shape index (κ2) is 9.06. The van der Waals surface area contributed by atoms with Crippen molar-refractivity contribution in [2.75, 3.05) is 12.0 Å². The monoisotopic (exact) mass is 543 g/mol. The third-order valence-corrected chi connectivity index (χ3v) is 8.92. The topological polar surface area (TPSA) is 101 Å². The largest absolute Gasteiger partial charge is 0.504 e. The lowest BCUT2D eigenvalue weighted by Crippen LogP contribution is -2.39. The average molecular weight is 544 g/mol. The molecular weight excluding hydrogens is 518 g/mol. The maximum absolute atomic E-state index is 14.0. The van der Waals surface area contributed by atoms with Gasteiger partial charge in [0.1, 0.15) is 0 Å². The number of rotatable bonds is 3. The lowest BCUT2D eigenvalue weighted by atomic mass is 9.59. The molecule has 198 valence electrons. The summed E-state index contributed by atoms with van der Waals surface area (Å²) in [4.78, 5) is 55.5. The van der Waals surface area contributed by atoms with Gasteiger partial charge < -0.3 is 9.84 Å². The van der Waals surface area contributed by atoms with Crippen molar-refractivity contribution in [3.05, 3.63) is 87.0 Å². The first-order valence-corrected chi connectivity index (χ1v) is 13.2. The number of hydrogen-bond donors (Lipinski definition) is 1. The molecule has 2 aromatic carbocycles. The number of ether oxygens (including phenoxy) is 1. The van der Waals surface area contributed by atoms with Crippen LogP contribution >= 0.6 is 11.6 Å². The standard InChI is InChI=1S/C31H26ClNO6/c1-14-4-6-17(12-22(14)32)33-30(37)19-8-7-18-20(27(19)31(33)38)13-21-28(24(35)10-15(2)29(21)36)26(18)16-5-9-23(34)25(11-16)39-3/h4-7,9-12,19-20,26-27,34H,8,13H2,1-3H3. The lowest BCUT2D eigenvalue weighted by Gasteiger charge is -2.42. The molecule has 39 heavy (non-hydrogen) atoms. The minimum absolute atomic E-state index is 0.0498. The Morgan fingerprint density at radius 2 is 1.77 bits per heavy atom. The van der Waals surface area contributed by atoms with Crippen LogP contribution in [0.1, 0.15) is 36.8 Å². The van der Waals surface area contributed by atoms with Crippen molar-refractivity contribution in [1.29, 1.82) is 0 Å². The summed E-state index contributed by atoms with van der Waals surface area (Å²) in [6, 6.07) is 9.97. The van der Waals surface area contributed by atoms with Crippen LogP contribution in [0.2, 0.25) is 5.02 Å². The molecule has 4 unspecified atom stereocenters. The van der Waals surface area contributed by atoms with Gasteiger partial charge in [-0.1, -0.05) is 35.4 Å². The van der Waals surface area contributed by atoms with Crippen LogP contribution in [0, 0.1) is 24.7 Å². The number of anilines is 1. The van der Waals surface area contributed by atoms with Gasteiger partial charge in [0.05, 0.1) is 24.6 Å². The zero-order chi connectivity index (χ0) is 27.7. The molecule has 0 aromatic heterocycles. The zero-order valence-electron chi connectivity index (χ0n) is 21.7. The number of imide groups is 1. The number of phenolic OH excluding ortho intramolecular Hbond substituents is 1. The fraction of sp³-hybridized carbons (Fsp3) is 0.290. The van der Waals surface area contributed by atoms with Gasteiger partial charge in [0.25, 0.3) is 0 Å². The van der Waals surface area contributed by atoms with Crippen molar-refractivity contribution in [3.8, 4) is 11.5 Å². The number of Topliss-reactive ketones (excluding diaryl/α,β-unsaturated/α-hetero) is 1. The number of benzene rings is 2. The summed E-state index contributed by atoms with van der Waals surface area (Å²) in [6.45, 7) is 3.46. The first-order valence-electron chi connectivity index (χ1n) is 12.8. The van der Waals surface area contributed by atoms with Crippen LogP contribution < -0.4 is 9.64 Å². The average Bonchev–Trinajstić information content (AvgIpc) is 3.17. The van der Waals surface area contributed by atoms with Crippen molar-refractivity contribution < 1.29 is 29.0 Å². The highest BCUT2D eigenvalue weighted by Crippen LogP contribution is 2.56. The summed E-state index contributed by atoms with van der Waals surface area (Å²) in [5.74, 6) is -3.20. The molecule has 1 saturated heterocycles. The second-order valence-electron chi connectivity index (χ2n) is 10.6. The van der Waals surface area contributed by atoms with E-state index < -0.39 is 23.7 Å².